The zero-order chi connectivity index (χ0) is 21.6. The molecule has 0 fully saturated rings. The first-order valence-corrected chi connectivity index (χ1v) is 12.0. The van der Waals surface area contributed by atoms with Crippen molar-refractivity contribution in [3.63, 3.8) is 0 Å². The maximum absolute atomic E-state index is 3.93. The normalized spacial score (nSPS) is 16.9. The fourth-order valence-corrected chi connectivity index (χ4v) is 3.35. The van der Waals surface area contributed by atoms with Gasteiger partial charge in [-0.3, -0.25) is 0 Å². The Morgan fingerprint density at radius 1 is 0.786 bits per heavy atom. The van der Waals surface area contributed by atoms with Crippen LogP contribution in [0.1, 0.15) is 88.0 Å². The summed E-state index contributed by atoms with van der Waals surface area (Å²) >= 11 is 0. The van der Waals surface area contributed by atoms with Gasteiger partial charge < -0.3 is 21.3 Å². The number of hydrogen-bond donors (Lipinski definition) is 4. The molecule has 0 bridgehead atoms. The minimum absolute atomic E-state index is 0.315. The third-order valence-electron chi connectivity index (χ3n) is 5.41. The van der Waals surface area contributed by atoms with Crippen molar-refractivity contribution in [1.29, 1.82) is 0 Å². The van der Waals surface area contributed by atoms with Gasteiger partial charge in [0.05, 0.1) is 0 Å². The van der Waals surface area contributed by atoms with Gasteiger partial charge in [-0.25, -0.2) is 0 Å². The SMILES string of the molecule is CCCC(C)NC(CNCC(C)CC)C(CNCC(C)(C)C)NCCC(C)C. The van der Waals surface area contributed by atoms with E-state index in [1.54, 1.807) is 0 Å². The van der Waals surface area contributed by atoms with E-state index in [0.717, 1.165) is 44.6 Å². The van der Waals surface area contributed by atoms with E-state index in [0.29, 0.717) is 23.5 Å². The lowest BCUT2D eigenvalue weighted by Gasteiger charge is -2.33. The average Bonchev–Trinajstić information content (AvgIpc) is 2.58. The molecule has 0 aromatic carbocycles. The maximum Gasteiger partial charge on any atom is 0.0361 e. The minimum atomic E-state index is 0.315. The van der Waals surface area contributed by atoms with E-state index in [4.69, 9.17) is 0 Å². The Morgan fingerprint density at radius 2 is 1.43 bits per heavy atom. The Balaban J connectivity index is 4.97. The van der Waals surface area contributed by atoms with Crippen LogP contribution in [-0.2, 0) is 0 Å². The summed E-state index contributed by atoms with van der Waals surface area (Å²) < 4.78 is 0. The van der Waals surface area contributed by atoms with E-state index < -0.39 is 0 Å². The molecular formula is C24H54N4. The average molecular weight is 399 g/mol. The standard InChI is InChI=1S/C24H54N4/c1-10-12-21(6)28-23(17-25-15-20(5)11-2)22(27-14-13-19(3)4)16-26-18-24(7,8)9/h19-23,25-28H,10-18H2,1-9H3. The van der Waals surface area contributed by atoms with Gasteiger partial charge in [0.15, 0.2) is 0 Å². The minimum Gasteiger partial charge on any atom is -0.315 e. The summed E-state index contributed by atoms with van der Waals surface area (Å²) in [5.41, 5.74) is 0.315. The lowest BCUT2D eigenvalue weighted by atomic mass is 9.96. The Morgan fingerprint density at radius 3 is 1.96 bits per heavy atom. The van der Waals surface area contributed by atoms with Gasteiger partial charge in [-0.1, -0.05) is 68.2 Å². The molecule has 0 aliphatic carbocycles. The fraction of sp³-hybridized carbons (Fsp3) is 1.00. The molecule has 0 saturated heterocycles. The molecule has 0 aliphatic rings. The molecule has 4 N–H and O–H groups in total. The van der Waals surface area contributed by atoms with Crippen LogP contribution in [0, 0.1) is 17.3 Å². The first-order valence-electron chi connectivity index (χ1n) is 12.0. The predicted molar refractivity (Wildman–Crippen MR) is 127 cm³/mol. The Hall–Kier alpha value is -0.160. The van der Waals surface area contributed by atoms with Crippen molar-refractivity contribution < 1.29 is 0 Å². The second-order valence-corrected chi connectivity index (χ2v) is 10.6. The molecule has 28 heavy (non-hydrogen) atoms. The van der Waals surface area contributed by atoms with Crippen molar-refractivity contribution in [2.45, 2.75) is 106 Å². The van der Waals surface area contributed by atoms with Crippen molar-refractivity contribution >= 4 is 0 Å². The lowest BCUT2D eigenvalue weighted by molar-refractivity contribution is 0.290. The van der Waals surface area contributed by atoms with Crippen molar-refractivity contribution in [2.75, 3.05) is 32.7 Å². The summed E-state index contributed by atoms with van der Waals surface area (Å²) in [6, 6.07) is 1.42. The lowest BCUT2D eigenvalue weighted by Crippen LogP contribution is -2.59. The smallest absolute Gasteiger partial charge is 0.0361 e. The van der Waals surface area contributed by atoms with Crippen LogP contribution in [-0.4, -0.2) is 50.8 Å². The molecule has 0 aromatic heterocycles. The van der Waals surface area contributed by atoms with Crippen molar-refractivity contribution in [1.82, 2.24) is 21.3 Å². The Kier molecular flexibility index (Phi) is 15.6. The van der Waals surface area contributed by atoms with Crippen LogP contribution in [0.2, 0.25) is 0 Å². The highest BCUT2D eigenvalue weighted by atomic mass is 15.1. The fourth-order valence-electron chi connectivity index (χ4n) is 3.35. The number of hydrogen-bond acceptors (Lipinski definition) is 4. The Labute approximate surface area is 177 Å². The molecule has 4 unspecified atom stereocenters. The largest absolute Gasteiger partial charge is 0.315 e. The Bertz CT molecular complexity index is 351. The molecular weight excluding hydrogens is 344 g/mol. The van der Waals surface area contributed by atoms with Gasteiger partial charge in [0.1, 0.15) is 0 Å². The van der Waals surface area contributed by atoms with E-state index in [1.807, 2.05) is 0 Å². The number of rotatable bonds is 17. The molecule has 0 rings (SSSR count). The molecule has 4 atom stereocenters. The van der Waals surface area contributed by atoms with Crippen molar-refractivity contribution in [2.24, 2.45) is 17.3 Å². The van der Waals surface area contributed by atoms with Crippen LogP contribution in [0.3, 0.4) is 0 Å². The van der Waals surface area contributed by atoms with Crippen molar-refractivity contribution in [3.05, 3.63) is 0 Å². The highest BCUT2D eigenvalue weighted by Gasteiger charge is 2.23. The van der Waals surface area contributed by atoms with Gasteiger partial charge in [-0.2, -0.15) is 0 Å². The molecule has 0 aromatic rings. The van der Waals surface area contributed by atoms with Crippen LogP contribution in [0.15, 0.2) is 0 Å². The zero-order valence-electron chi connectivity index (χ0n) is 20.8. The molecule has 170 valence electrons. The maximum atomic E-state index is 3.93. The second kappa shape index (κ2) is 15.6. The third-order valence-corrected chi connectivity index (χ3v) is 5.41. The van der Waals surface area contributed by atoms with Gasteiger partial charge in [0.2, 0.25) is 0 Å². The molecule has 0 amide bonds. The topological polar surface area (TPSA) is 48.1 Å². The predicted octanol–water partition coefficient (Wildman–Crippen LogP) is 4.41. The van der Waals surface area contributed by atoms with E-state index in [9.17, 15) is 0 Å². The highest BCUT2D eigenvalue weighted by Crippen LogP contribution is 2.10. The molecule has 4 heteroatoms. The molecule has 4 nitrogen and oxygen atoms in total. The first-order chi connectivity index (χ1) is 13.1. The van der Waals surface area contributed by atoms with Gasteiger partial charge in [0, 0.05) is 37.8 Å². The van der Waals surface area contributed by atoms with Crippen LogP contribution >= 0.6 is 0 Å². The highest BCUT2D eigenvalue weighted by molar-refractivity contribution is 4.88. The van der Waals surface area contributed by atoms with E-state index in [2.05, 4.69) is 83.6 Å². The summed E-state index contributed by atoms with van der Waals surface area (Å²) in [6.07, 6.45) is 4.93. The second-order valence-electron chi connectivity index (χ2n) is 10.6. The van der Waals surface area contributed by atoms with Gasteiger partial charge in [-0.15, -0.1) is 0 Å². The molecule has 0 aliphatic heterocycles. The van der Waals surface area contributed by atoms with Crippen LogP contribution in [0.4, 0.5) is 0 Å². The van der Waals surface area contributed by atoms with Crippen LogP contribution in [0.25, 0.3) is 0 Å². The van der Waals surface area contributed by atoms with Gasteiger partial charge in [0.25, 0.3) is 0 Å². The molecule has 0 spiro atoms. The molecule has 0 heterocycles. The quantitative estimate of drug-likeness (QED) is 0.293. The van der Waals surface area contributed by atoms with Crippen LogP contribution in [0.5, 0.6) is 0 Å². The van der Waals surface area contributed by atoms with E-state index in [1.165, 1.54) is 25.7 Å². The third kappa shape index (κ3) is 15.7. The number of nitrogens with one attached hydrogen (secondary N) is 4. The molecule has 0 saturated carbocycles. The summed E-state index contributed by atoms with van der Waals surface area (Å²) in [5, 5.41) is 15.3. The van der Waals surface area contributed by atoms with E-state index in [-0.39, 0.29) is 0 Å². The summed E-state index contributed by atoms with van der Waals surface area (Å²) in [5.74, 6) is 1.48. The monoisotopic (exact) mass is 398 g/mol. The summed E-state index contributed by atoms with van der Waals surface area (Å²) in [6.45, 7) is 26.0. The van der Waals surface area contributed by atoms with E-state index >= 15 is 0 Å². The van der Waals surface area contributed by atoms with Gasteiger partial charge in [-0.05, 0) is 50.1 Å². The van der Waals surface area contributed by atoms with Crippen molar-refractivity contribution in [3.8, 4) is 0 Å². The summed E-state index contributed by atoms with van der Waals surface area (Å²) in [4.78, 5) is 0. The van der Waals surface area contributed by atoms with Crippen LogP contribution < -0.4 is 21.3 Å². The molecule has 0 radical (unpaired) electrons. The zero-order valence-corrected chi connectivity index (χ0v) is 20.8. The first kappa shape index (κ1) is 27.8. The van der Waals surface area contributed by atoms with Gasteiger partial charge >= 0.3 is 0 Å². The summed E-state index contributed by atoms with van der Waals surface area (Å²) in [7, 11) is 0.